The minimum Gasteiger partial charge on any atom is -0.368 e. The zero-order valence-electron chi connectivity index (χ0n) is 11.5. The van der Waals surface area contributed by atoms with Gasteiger partial charge in [-0.3, -0.25) is 0 Å². The van der Waals surface area contributed by atoms with E-state index in [0.717, 1.165) is 17.7 Å². The van der Waals surface area contributed by atoms with Gasteiger partial charge >= 0.3 is 0 Å². The van der Waals surface area contributed by atoms with Crippen molar-refractivity contribution in [3.63, 3.8) is 0 Å². The first-order valence-corrected chi connectivity index (χ1v) is 7.34. The lowest BCUT2D eigenvalue weighted by Crippen LogP contribution is -2.07. The molecule has 2 aromatic rings. The van der Waals surface area contributed by atoms with Crippen LogP contribution in [0.15, 0.2) is 12.1 Å². The first kappa shape index (κ1) is 13.9. The third-order valence-corrected chi connectivity index (χ3v) is 4.02. The SMILES string of the molecule is CCCNc1nc(-c2ccc(CC)s2)nc(C)c1F. The molecule has 19 heavy (non-hydrogen) atoms. The number of rotatable bonds is 5. The van der Waals surface area contributed by atoms with Crippen molar-refractivity contribution in [2.24, 2.45) is 0 Å². The van der Waals surface area contributed by atoms with Crippen molar-refractivity contribution >= 4 is 17.2 Å². The van der Waals surface area contributed by atoms with Crippen LogP contribution in [0.1, 0.15) is 30.8 Å². The third kappa shape index (κ3) is 3.10. The van der Waals surface area contributed by atoms with Gasteiger partial charge in [-0.25, -0.2) is 14.4 Å². The van der Waals surface area contributed by atoms with Gasteiger partial charge in [-0.15, -0.1) is 11.3 Å². The summed E-state index contributed by atoms with van der Waals surface area (Å²) in [4.78, 5) is 10.8. The molecule has 2 rings (SSSR count). The number of aromatic nitrogens is 2. The third-order valence-electron chi connectivity index (χ3n) is 2.79. The van der Waals surface area contributed by atoms with Gasteiger partial charge in [0.15, 0.2) is 17.5 Å². The normalized spacial score (nSPS) is 10.7. The predicted octanol–water partition coefficient (Wildman–Crippen LogP) is 4.04. The molecule has 5 heteroatoms. The van der Waals surface area contributed by atoms with Gasteiger partial charge < -0.3 is 5.32 Å². The lowest BCUT2D eigenvalue weighted by atomic mass is 10.3. The van der Waals surface area contributed by atoms with Crippen molar-refractivity contribution in [2.75, 3.05) is 11.9 Å². The fraction of sp³-hybridized carbons (Fsp3) is 0.429. The maximum Gasteiger partial charge on any atom is 0.186 e. The summed E-state index contributed by atoms with van der Waals surface area (Å²) in [5, 5.41) is 3.01. The number of nitrogens with zero attached hydrogens (tertiary/aromatic N) is 2. The van der Waals surface area contributed by atoms with E-state index in [2.05, 4.69) is 28.3 Å². The molecule has 0 atom stereocenters. The van der Waals surface area contributed by atoms with Crippen LogP contribution in [-0.2, 0) is 6.42 Å². The Balaban J connectivity index is 2.37. The summed E-state index contributed by atoms with van der Waals surface area (Å²) in [6.07, 6.45) is 1.92. The van der Waals surface area contributed by atoms with Gasteiger partial charge in [0.2, 0.25) is 0 Å². The Hall–Kier alpha value is -1.49. The summed E-state index contributed by atoms with van der Waals surface area (Å²) in [6, 6.07) is 4.07. The highest BCUT2D eigenvalue weighted by Crippen LogP contribution is 2.28. The van der Waals surface area contributed by atoms with Crippen molar-refractivity contribution < 1.29 is 4.39 Å². The van der Waals surface area contributed by atoms with Crippen LogP contribution in [0.3, 0.4) is 0 Å². The molecule has 0 aliphatic rings. The summed E-state index contributed by atoms with van der Waals surface area (Å²) < 4.78 is 13.9. The second kappa shape index (κ2) is 6.10. The highest BCUT2D eigenvalue weighted by molar-refractivity contribution is 7.15. The Morgan fingerprint density at radius 3 is 2.68 bits per heavy atom. The maximum atomic E-state index is 13.9. The van der Waals surface area contributed by atoms with E-state index in [1.165, 1.54) is 4.88 Å². The van der Waals surface area contributed by atoms with Gasteiger partial charge in [0.05, 0.1) is 10.6 Å². The Bertz CT molecular complexity index is 566. The second-order valence-electron chi connectivity index (χ2n) is 4.34. The van der Waals surface area contributed by atoms with Crippen molar-refractivity contribution in [2.45, 2.75) is 33.6 Å². The summed E-state index contributed by atoms with van der Waals surface area (Å²) in [6.45, 7) is 6.52. The molecule has 0 aliphatic heterocycles. The van der Waals surface area contributed by atoms with Crippen LogP contribution in [0.4, 0.5) is 10.2 Å². The zero-order chi connectivity index (χ0) is 13.8. The maximum absolute atomic E-state index is 13.9. The molecule has 0 saturated heterocycles. The topological polar surface area (TPSA) is 37.8 Å². The Kier molecular flexibility index (Phi) is 4.47. The van der Waals surface area contributed by atoms with Crippen LogP contribution in [-0.4, -0.2) is 16.5 Å². The summed E-state index contributed by atoms with van der Waals surface area (Å²) in [5.41, 5.74) is 0.384. The van der Waals surface area contributed by atoms with Crippen LogP contribution in [0, 0.1) is 12.7 Å². The van der Waals surface area contributed by atoms with E-state index in [0.29, 0.717) is 23.9 Å². The highest BCUT2D eigenvalue weighted by atomic mass is 32.1. The van der Waals surface area contributed by atoms with E-state index in [9.17, 15) is 4.39 Å². The first-order valence-electron chi connectivity index (χ1n) is 6.52. The van der Waals surface area contributed by atoms with Crippen LogP contribution in [0.2, 0.25) is 0 Å². The summed E-state index contributed by atoms with van der Waals surface area (Å²) in [5.74, 6) is 0.544. The monoisotopic (exact) mass is 279 g/mol. The number of aryl methyl sites for hydroxylation is 2. The summed E-state index contributed by atoms with van der Waals surface area (Å²) in [7, 11) is 0. The van der Waals surface area contributed by atoms with E-state index in [1.54, 1.807) is 18.3 Å². The molecule has 0 bridgehead atoms. The fourth-order valence-electron chi connectivity index (χ4n) is 1.72. The molecule has 2 aromatic heterocycles. The Labute approximate surface area is 116 Å². The lowest BCUT2D eigenvalue weighted by molar-refractivity contribution is 0.605. The van der Waals surface area contributed by atoms with Gasteiger partial charge in [0, 0.05) is 11.4 Å². The van der Waals surface area contributed by atoms with Crippen LogP contribution in [0.25, 0.3) is 10.7 Å². The van der Waals surface area contributed by atoms with Crippen LogP contribution < -0.4 is 5.32 Å². The standard InChI is InChI=1S/C14H18FN3S/c1-4-8-16-14-12(15)9(3)17-13(18-14)11-7-6-10(5-2)19-11/h6-7H,4-5,8H2,1-3H3,(H,16,17,18). The van der Waals surface area contributed by atoms with Crippen LogP contribution in [0.5, 0.6) is 0 Å². The minimum absolute atomic E-state index is 0.302. The molecule has 0 fully saturated rings. The van der Waals surface area contributed by atoms with Gasteiger partial charge in [-0.05, 0) is 31.9 Å². The number of anilines is 1. The summed E-state index contributed by atoms with van der Waals surface area (Å²) >= 11 is 1.66. The van der Waals surface area contributed by atoms with Crippen molar-refractivity contribution in [1.82, 2.24) is 9.97 Å². The smallest absolute Gasteiger partial charge is 0.186 e. The average Bonchev–Trinajstić information content (AvgIpc) is 2.89. The van der Waals surface area contributed by atoms with Gasteiger partial charge in [0.1, 0.15) is 0 Å². The van der Waals surface area contributed by atoms with E-state index in [1.807, 2.05) is 13.0 Å². The fourth-order valence-corrected chi connectivity index (χ4v) is 2.60. The molecule has 2 heterocycles. The number of halogens is 1. The van der Waals surface area contributed by atoms with Crippen LogP contribution >= 0.6 is 11.3 Å². The lowest BCUT2D eigenvalue weighted by Gasteiger charge is -2.08. The Morgan fingerprint density at radius 1 is 1.26 bits per heavy atom. The molecular formula is C14H18FN3S. The molecule has 1 N–H and O–H groups in total. The van der Waals surface area contributed by atoms with Gasteiger partial charge in [0.25, 0.3) is 0 Å². The molecule has 3 nitrogen and oxygen atoms in total. The molecule has 0 aliphatic carbocycles. The van der Waals surface area contributed by atoms with Crippen molar-refractivity contribution in [1.29, 1.82) is 0 Å². The van der Waals surface area contributed by atoms with E-state index >= 15 is 0 Å². The van der Waals surface area contributed by atoms with E-state index < -0.39 is 0 Å². The van der Waals surface area contributed by atoms with Gasteiger partial charge in [-0.1, -0.05) is 13.8 Å². The highest BCUT2D eigenvalue weighted by Gasteiger charge is 2.13. The molecule has 0 aromatic carbocycles. The second-order valence-corrected chi connectivity index (χ2v) is 5.51. The molecule has 0 saturated carbocycles. The molecular weight excluding hydrogens is 261 g/mol. The number of hydrogen-bond acceptors (Lipinski definition) is 4. The molecule has 0 unspecified atom stereocenters. The quantitative estimate of drug-likeness (QED) is 0.897. The number of thiophene rings is 1. The predicted molar refractivity (Wildman–Crippen MR) is 78.2 cm³/mol. The van der Waals surface area contributed by atoms with E-state index in [4.69, 9.17) is 0 Å². The molecule has 0 amide bonds. The number of hydrogen-bond donors (Lipinski definition) is 1. The van der Waals surface area contributed by atoms with Crippen molar-refractivity contribution in [3.8, 4) is 10.7 Å². The Morgan fingerprint density at radius 2 is 2.05 bits per heavy atom. The molecule has 0 spiro atoms. The average molecular weight is 279 g/mol. The van der Waals surface area contributed by atoms with Crippen molar-refractivity contribution in [3.05, 3.63) is 28.5 Å². The molecule has 102 valence electrons. The largest absolute Gasteiger partial charge is 0.368 e. The molecule has 0 radical (unpaired) electrons. The minimum atomic E-state index is -0.357. The zero-order valence-corrected chi connectivity index (χ0v) is 12.3. The van der Waals surface area contributed by atoms with E-state index in [-0.39, 0.29) is 5.82 Å². The first-order chi connectivity index (χ1) is 9.15. The van der Waals surface area contributed by atoms with Gasteiger partial charge in [-0.2, -0.15) is 0 Å². The number of nitrogens with one attached hydrogen (secondary N) is 1.